The number of halogens is 1. The molecule has 0 radical (unpaired) electrons. The Morgan fingerprint density at radius 3 is 2.56 bits per heavy atom. The third-order valence-electron chi connectivity index (χ3n) is 2.71. The topological polar surface area (TPSA) is 49.8 Å². The Hall–Kier alpha value is -1.62. The molecule has 0 aliphatic heterocycles. The summed E-state index contributed by atoms with van der Waals surface area (Å²) in [6.45, 7) is 3.93. The Morgan fingerprint density at radius 2 is 2.06 bits per heavy atom. The Bertz CT molecular complexity index is 380. The van der Waals surface area contributed by atoms with Crippen LogP contribution in [0.3, 0.4) is 0 Å². The highest BCUT2D eigenvalue weighted by Crippen LogP contribution is 2.20. The Labute approximate surface area is 106 Å². The number of carbonyl (C=O) groups excluding carboxylic acids is 1. The second kappa shape index (κ2) is 6.96. The first-order chi connectivity index (χ1) is 8.60. The van der Waals surface area contributed by atoms with Crippen molar-refractivity contribution >= 4 is 6.09 Å². The molecule has 0 aliphatic rings. The zero-order chi connectivity index (χ0) is 13.5. The molecule has 18 heavy (non-hydrogen) atoms. The van der Waals surface area contributed by atoms with Crippen LogP contribution in [0.15, 0.2) is 24.3 Å². The van der Waals surface area contributed by atoms with Crippen LogP contribution in [0.1, 0.15) is 25.5 Å². The quantitative estimate of drug-likeness (QED) is 0.878. The maximum atomic E-state index is 12.8. The van der Waals surface area contributed by atoms with Gasteiger partial charge < -0.3 is 14.7 Å². The van der Waals surface area contributed by atoms with Gasteiger partial charge in [-0.05, 0) is 31.5 Å². The zero-order valence-corrected chi connectivity index (χ0v) is 10.6. The van der Waals surface area contributed by atoms with Crippen molar-refractivity contribution in [1.82, 2.24) is 4.90 Å². The number of aliphatic hydroxyl groups is 1. The number of hydrogen-bond donors (Lipinski definition) is 1. The lowest BCUT2D eigenvalue weighted by molar-refractivity contribution is 0.0750. The van der Waals surface area contributed by atoms with Gasteiger partial charge in [-0.3, -0.25) is 0 Å². The summed E-state index contributed by atoms with van der Waals surface area (Å²) in [5.41, 5.74) is 0.833. The van der Waals surface area contributed by atoms with E-state index in [9.17, 15) is 9.18 Å². The van der Waals surface area contributed by atoms with Gasteiger partial charge in [-0.15, -0.1) is 0 Å². The number of nitrogens with zero attached hydrogens (tertiary/aromatic N) is 1. The maximum Gasteiger partial charge on any atom is 0.410 e. The van der Waals surface area contributed by atoms with E-state index in [-0.39, 0.29) is 25.1 Å². The summed E-state index contributed by atoms with van der Waals surface area (Å²) in [5, 5.41) is 8.62. The number of hydrogen-bond acceptors (Lipinski definition) is 3. The van der Waals surface area contributed by atoms with E-state index in [1.54, 1.807) is 12.1 Å². The summed E-state index contributed by atoms with van der Waals surface area (Å²) < 4.78 is 17.7. The summed E-state index contributed by atoms with van der Waals surface area (Å²) in [7, 11) is 0. The highest BCUT2D eigenvalue weighted by atomic mass is 19.1. The van der Waals surface area contributed by atoms with Crippen LogP contribution in [0, 0.1) is 5.82 Å². The molecule has 1 N–H and O–H groups in total. The van der Waals surface area contributed by atoms with Gasteiger partial charge in [-0.1, -0.05) is 12.1 Å². The number of amides is 1. The van der Waals surface area contributed by atoms with Gasteiger partial charge >= 0.3 is 6.09 Å². The lowest BCUT2D eigenvalue weighted by atomic mass is 10.1. The first-order valence-corrected chi connectivity index (χ1v) is 5.89. The fraction of sp³-hybridized carbons (Fsp3) is 0.462. The largest absolute Gasteiger partial charge is 0.447 e. The van der Waals surface area contributed by atoms with Crippen LogP contribution in [-0.2, 0) is 4.74 Å². The second-order valence-electron chi connectivity index (χ2n) is 3.85. The summed E-state index contributed by atoms with van der Waals surface area (Å²) >= 11 is 0. The van der Waals surface area contributed by atoms with Crippen LogP contribution < -0.4 is 0 Å². The van der Waals surface area contributed by atoms with Gasteiger partial charge in [0.2, 0.25) is 0 Å². The molecule has 1 atom stereocenters. The second-order valence-corrected chi connectivity index (χ2v) is 3.85. The van der Waals surface area contributed by atoms with E-state index in [1.807, 2.05) is 13.8 Å². The van der Waals surface area contributed by atoms with Crippen LogP contribution in [0.4, 0.5) is 9.18 Å². The van der Waals surface area contributed by atoms with Gasteiger partial charge in [-0.25, -0.2) is 9.18 Å². The average Bonchev–Trinajstić information content (AvgIpc) is 2.37. The highest BCUT2D eigenvalue weighted by Gasteiger charge is 2.20. The number of carbonyl (C=O) groups is 1. The molecule has 1 aromatic rings. The summed E-state index contributed by atoms with van der Waals surface area (Å²) in [6.07, 6.45) is -0.483. The zero-order valence-electron chi connectivity index (χ0n) is 10.6. The molecule has 0 aromatic heterocycles. The van der Waals surface area contributed by atoms with Crippen molar-refractivity contribution in [3.05, 3.63) is 35.6 Å². The van der Waals surface area contributed by atoms with Crippen molar-refractivity contribution in [3.63, 3.8) is 0 Å². The Balaban J connectivity index is 2.75. The van der Waals surface area contributed by atoms with Crippen molar-refractivity contribution in [2.45, 2.75) is 19.9 Å². The minimum atomic E-state index is -0.483. The van der Waals surface area contributed by atoms with E-state index in [2.05, 4.69) is 0 Å². The number of benzene rings is 1. The number of rotatable bonds is 5. The van der Waals surface area contributed by atoms with Crippen molar-refractivity contribution in [3.8, 4) is 0 Å². The molecule has 1 rings (SSSR count). The molecule has 0 saturated heterocycles. The molecule has 100 valence electrons. The van der Waals surface area contributed by atoms with Crippen molar-refractivity contribution in [1.29, 1.82) is 0 Å². The van der Waals surface area contributed by atoms with E-state index in [0.717, 1.165) is 5.56 Å². The summed E-state index contributed by atoms with van der Waals surface area (Å²) in [6, 6.07) is 5.79. The smallest absolute Gasteiger partial charge is 0.410 e. The van der Waals surface area contributed by atoms with E-state index in [4.69, 9.17) is 9.84 Å². The first-order valence-electron chi connectivity index (χ1n) is 5.89. The van der Waals surface area contributed by atoms with Gasteiger partial charge in [0.05, 0.1) is 12.6 Å². The van der Waals surface area contributed by atoms with Crippen LogP contribution >= 0.6 is 0 Å². The Kier molecular flexibility index (Phi) is 5.58. The predicted molar refractivity (Wildman–Crippen MR) is 65.6 cm³/mol. The predicted octanol–water partition coefficient (Wildman–Crippen LogP) is 2.34. The molecule has 1 aromatic carbocycles. The molecule has 0 aliphatic carbocycles. The average molecular weight is 255 g/mol. The van der Waals surface area contributed by atoms with Crippen molar-refractivity contribution < 1.29 is 19.0 Å². The number of aliphatic hydroxyl groups excluding tert-OH is 1. The third kappa shape index (κ3) is 3.70. The van der Waals surface area contributed by atoms with Crippen LogP contribution in [0.5, 0.6) is 0 Å². The molecular formula is C13H18FNO3. The standard InChI is InChI=1S/C13H18FNO3/c1-3-15(13(17)18-9-8-16)10(2)11-4-6-12(14)7-5-11/h4-7,10,16H,3,8-9H2,1-2H3. The SMILES string of the molecule is CCN(C(=O)OCCO)C(C)c1ccc(F)cc1. The van der Waals surface area contributed by atoms with Crippen LogP contribution in [0.2, 0.25) is 0 Å². The lowest BCUT2D eigenvalue weighted by Crippen LogP contribution is -2.34. The van der Waals surface area contributed by atoms with Gasteiger partial charge in [0.25, 0.3) is 0 Å². The van der Waals surface area contributed by atoms with Crippen LogP contribution in [-0.4, -0.2) is 35.9 Å². The van der Waals surface area contributed by atoms with Gasteiger partial charge in [0.15, 0.2) is 0 Å². The van der Waals surface area contributed by atoms with E-state index in [0.29, 0.717) is 6.54 Å². The normalized spacial score (nSPS) is 12.0. The fourth-order valence-electron chi connectivity index (χ4n) is 1.70. The van der Waals surface area contributed by atoms with Crippen molar-refractivity contribution in [2.75, 3.05) is 19.8 Å². The summed E-state index contributed by atoms with van der Waals surface area (Å²) in [4.78, 5) is 13.3. The molecule has 5 heteroatoms. The first kappa shape index (κ1) is 14.4. The minimum absolute atomic E-state index is 0.0224. The molecular weight excluding hydrogens is 237 g/mol. The van der Waals surface area contributed by atoms with E-state index >= 15 is 0 Å². The van der Waals surface area contributed by atoms with Crippen LogP contribution in [0.25, 0.3) is 0 Å². The lowest BCUT2D eigenvalue weighted by Gasteiger charge is -2.27. The number of ether oxygens (including phenoxy) is 1. The monoisotopic (exact) mass is 255 g/mol. The van der Waals surface area contributed by atoms with E-state index in [1.165, 1.54) is 17.0 Å². The molecule has 1 amide bonds. The molecule has 0 heterocycles. The fourth-order valence-corrected chi connectivity index (χ4v) is 1.70. The molecule has 0 fully saturated rings. The molecule has 0 spiro atoms. The maximum absolute atomic E-state index is 12.8. The molecule has 4 nitrogen and oxygen atoms in total. The van der Waals surface area contributed by atoms with E-state index < -0.39 is 6.09 Å². The molecule has 0 bridgehead atoms. The van der Waals surface area contributed by atoms with Gasteiger partial charge in [0.1, 0.15) is 12.4 Å². The van der Waals surface area contributed by atoms with Gasteiger partial charge in [-0.2, -0.15) is 0 Å². The molecule has 0 saturated carbocycles. The third-order valence-corrected chi connectivity index (χ3v) is 2.71. The van der Waals surface area contributed by atoms with Crippen molar-refractivity contribution in [2.24, 2.45) is 0 Å². The highest BCUT2D eigenvalue weighted by molar-refractivity contribution is 5.68. The molecule has 1 unspecified atom stereocenters. The van der Waals surface area contributed by atoms with Gasteiger partial charge in [0, 0.05) is 6.54 Å². The summed E-state index contributed by atoms with van der Waals surface area (Å²) in [5.74, 6) is -0.308. The Morgan fingerprint density at radius 1 is 1.44 bits per heavy atom. The minimum Gasteiger partial charge on any atom is -0.447 e.